The van der Waals surface area contributed by atoms with Gasteiger partial charge in [0.1, 0.15) is 23.6 Å². The van der Waals surface area contributed by atoms with E-state index < -0.39 is 0 Å². The van der Waals surface area contributed by atoms with E-state index in [1.54, 1.807) is 13.2 Å². The molecule has 0 aliphatic carbocycles. The van der Waals surface area contributed by atoms with E-state index in [2.05, 4.69) is 21.8 Å². The molecule has 0 spiro atoms. The Morgan fingerprint density at radius 1 is 1.06 bits per heavy atom. The standard InChI is InChI=1S/C24H26N4O3/c1-17-7-4-5-10-21(17)31-23-14-22(25-16-26-23)27-11-12-28(18(2)15-27)24(29)19-8-6-9-20(13-19)30-3/h4-10,13-14,16,18H,11-12,15H2,1-3H3. The summed E-state index contributed by atoms with van der Waals surface area (Å²) in [4.78, 5) is 25.8. The number of benzene rings is 2. The monoisotopic (exact) mass is 418 g/mol. The van der Waals surface area contributed by atoms with Gasteiger partial charge in [0.15, 0.2) is 0 Å². The van der Waals surface area contributed by atoms with Crippen molar-refractivity contribution in [1.29, 1.82) is 0 Å². The number of carbonyl (C=O) groups excluding carboxylic acids is 1. The van der Waals surface area contributed by atoms with E-state index in [4.69, 9.17) is 9.47 Å². The van der Waals surface area contributed by atoms with Crippen molar-refractivity contribution in [3.05, 3.63) is 72.1 Å². The Labute approximate surface area is 182 Å². The van der Waals surface area contributed by atoms with E-state index in [9.17, 15) is 4.79 Å². The highest BCUT2D eigenvalue weighted by Gasteiger charge is 2.29. The molecule has 1 fully saturated rings. The number of nitrogens with zero attached hydrogens (tertiary/aromatic N) is 4. The second kappa shape index (κ2) is 9.04. The normalized spacial score (nSPS) is 16.2. The molecule has 1 saturated heterocycles. The van der Waals surface area contributed by atoms with Gasteiger partial charge in [0.2, 0.25) is 5.88 Å². The van der Waals surface area contributed by atoms with Crippen molar-refractivity contribution in [1.82, 2.24) is 14.9 Å². The van der Waals surface area contributed by atoms with Gasteiger partial charge in [-0.1, -0.05) is 24.3 Å². The van der Waals surface area contributed by atoms with Crippen LogP contribution in [-0.2, 0) is 0 Å². The van der Waals surface area contributed by atoms with E-state index in [1.165, 1.54) is 6.33 Å². The molecule has 4 rings (SSSR count). The minimum absolute atomic E-state index is 0.0114. The zero-order valence-electron chi connectivity index (χ0n) is 18.0. The van der Waals surface area contributed by atoms with Crippen LogP contribution in [-0.4, -0.2) is 53.6 Å². The summed E-state index contributed by atoms with van der Waals surface area (Å²) in [6, 6.07) is 17.0. The molecule has 31 heavy (non-hydrogen) atoms. The number of hydrogen-bond donors (Lipinski definition) is 0. The number of methoxy groups -OCH3 is 1. The number of anilines is 1. The van der Waals surface area contributed by atoms with Crippen LogP contribution in [0.5, 0.6) is 17.4 Å². The summed E-state index contributed by atoms with van der Waals surface area (Å²) in [5, 5.41) is 0. The van der Waals surface area contributed by atoms with Crippen molar-refractivity contribution in [2.75, 3.05) is 31.6 Å². The van der Waals surface area contributed by atoms with Crippen molar-refractivity contribution in [3.8, 4) is 17.4 Å². The number of hydrogen-bond acceptors (Lipinski definition) is 6. The lowest BCUT2D eigenvalue weighted by molar-refractivity contribution is 0.0673. The molecule has 160 valence electrons. The summed E-state index contributed by atoms with van der Waals surface area (Å²) in [5.74, 6) is 2.76. The van der Waals surface area contributed by atoms with Gasteiger partial charge in [-0.25, -0.2) is 9.97 Å². The van der Waals surface area contributed by atoms with Crippen LogP contribution in [0.25, 0.3) is 0 Å². The molecule has 0 N–H and O–H groups in total. The van der Waals surface area contributed by atoms with E-state index >= 15 is 0 Å². The Hall–Kier alpha value is -3.61. The molecule has 1 atom stereocenters. The highest BCUT2D eigenvalue weighted by atomic mass is 16.5. The lowest BCUT2D eigenvalue weighted by atomic mass is 10.1. The van der Waals surface area contributed by atoms with Gasteiger partial charge in [-0.15, -0.1) is 0 Å². The molecule has 1 aromatic heterocycles. The van der Waals surface area contributed by atoms with Gasteiger partial charge >= 0.3 is 0 Å². The molecule has 1 aliphatic heterocycles. The number of aryl methyl sites for hydroxylation is 1. The maximum atomic E-state index is 13.0. The quantitative estimate of drug-likeness (QED) is 0.625. The van der Waals surface area contributed by atoms with E-state index in [-0.39, 0.29) is 11.9 Å². The van der Waals surface area contributed by atoms with Crippen LogP contribution < -0.4 is 14.4 Å². The first-order valence-electron chi connectivity index (χ1n) is 10.3. The zero-order valence-corrected chi connectivity index (χ0v) is 18.0. The average Bonchev–Trinajstić information content (AvgIpc) is 2.80. The Morgan fingerprint density at radius 3 is 2.68 bits per heavy atom. The van der Waals surface area contributed by atoms with Gasteiger partial charge in [0, 0.05) is 37.3 Å². The van der Waals surface area contributed by atoms with Gasteiger partial charge in [0.25, 0.3) is 5.91 Å². The molecule has 0 saturated carbocycles. The number of amides is 1. The summed E-state index contributed by atoms with van der Waals surface area (Å²) in [5.41, 5.74) is 1.68. The number of ether oxygens (including phenoxy) is 2. The summed E-state index contributed by atoms with van der Waals surface area (Å²) >= 11 is 0. The Balaban J connectivity index is 1.45. The van der Waals surface area contributed by atoms with Crippen LogP contribution in [0.1, 0.15) is 22.8 Å². The SMILES string of the molecule is COc1cccc(C(=O)N2CCN(c3cc(Oc4ccccc4C)ncn3)CC2C)c1. The molecule has 1 unspecified atom stereocenters. The van der Waals surface area contributed by atoms with Gasteiger partial charge in [0.05, 0.1) is 7.11 Å². The largest absolute Gasteiger partial charge is 0.497 e. The third-order valence-corrected chi connectivity index (χ3v) is 5.46. The highest BCUT2D eigenvalue weighted by Crippen LogP contribution is 2.26. The van der Waals surface area contributed by atoms with Crippen LogP contribution >= 0.6 is 0 Å². The van der Waals surface area contributed by atoms with Crippen molar-refractivity contribution in [2.24, 2.45) is 0 Å². The van der Waals surface area contributed by atoms with E-state index in [0.717, 1.165) is 17.1 Å². The average molecular weight is 418 g/mol. The third kappa shape index (κ3) is 4.60. The van der Waals surface area contributed by atoms with Gasteiger partial charge in [-0.3, -0.25) is 4.79 Å². The van der Waals surface area contributed by atoms with Crippen LogP contribution in [0.3, 0.4) is 0 Å². The summed E-state index contributed by atoms with van der Waals surface area (Å²) in [6.45, 7) is 6.01. The first-order valence-corrected chi connectivity index (χ1v) is 10.3. The fourth-order valence-electron chi connectivity index (χ4n) is 3.73. The lowest BCUT2D eigenvalue weighted by Crippen LogP contribution is -2.54. The minimum Gasteiger partial charge on any atom is -0.497 e. The molecule has 0 bridgehead atoms. The maximum absolute atomic E-state index is 13.0. The molecule has 2 heterocycles. The first-order chi connectivity index (χ1) is 15.0. The lowest BCUT2D eigenvalue weighted by Gasteiger charge is -2.40. The smallest absolute Gasteiger partial charge is 0.254 e. The fraction of sp³-hybridized carbons (Fsp3) is 0.292. The first kappa shape index (κ1) is 20.7. The number of para-hydroxylation sites is 1. The van der Waals surface area contributed by atoms with E-state index in [1.807, 2.05) is 60.4 Å². The molecule has 3 aromatic rings. The molecule has 2 aromatic carbocycles. The maximum Gasteiger partial charge on any atom is 0.254 e. The Bertz CT molecular complexity index is 1070. The van der Waals surface area contributed by atoms with Crippen molar-refractivity contribution in [3.63, 3.8) is 0 Å². The second-order valence-electron chi connectivity index (χ2n) is 7.61. The fourth-order valence-corrected chi connectivity index (χ4v) is 3.73. The summed E-state index contributed by atoms with van der Waals surface area (Å²) in [6.07, 6.45) is 1.52. The number of aromatic nitrogens is 2. The predicted molar refractivity (Wildman–Crippen MR) is 119 cm³/mol. The van der Waals surface area contributed by atoms with Crippen LogP contribution in [0.15, 0.2) is 60.9 Å². The number of piperazine rings is 1. The van der Waals surface area contributed by atoms with Crippen LogP contribution in [0.2, 0.25) is 0 Å². The van der Waals surface area contributed by atoms with E-state index in [0.29, 0.717) is 36.8 Å². The van der Waals surface area contributed by atoms with Gasteiger partial charge < -0.3 is 19.3 Å². The zero-order chi connectivity index (χ0) is 21.8. The summed E-state index contributed by atoms with van der Waals surface area (Å²) < 4.78 is 11.2. The molecular weight excluding hydrogens is 392 g/mol. The van der Waals surface area contributed by atoms with Gasteiger partial charge in [-0.05, 0) is 43.7 Å². The summed E-state index contributed by atoms with van der Waals surface area (Å²) in [7, 11) is 1.60. The number of carbonyl (C=O) groups is 1. The molecule has 7 nitrogen and oxygen atoms in total. The molecule has 0 radical (unpaired) electrons. The highest BCUT2D eigenvalue weighted by molar-refractivity contribution is 5.95. The van der Waals surface area contributed by atoms with Gasteiger partial charge in [-0.2, -0.15) is 0 Å². The van der Waals surface area contributed by atoms with Crippen molar-refractivity contribution >= 4 is 11.7 Å². The van der Waals surface area contributed by atoms with Crippen LogP contribution in [0.4, 0.5) is 5.82 Å². The Kier molecular flexibility index (Phi) is 6.02. The number of rotatable bonds is 5. The second-order valence-corrected chi connectivity index (χ2v) is 7.61. The topological polar surface area (TPSA) is 67.8 Å². The molecule has 1 aliphatic rings. The Morgan fingerprint density at radius 2 is 1.90 bits per heavy atom. The minimum atomic E-state index is 0.0114. The van der Waals surface area contributed by atoms with Crippen molar-refractivity contribution < 1.29 is 14.3 Å². The predicted octanol–water partition coefficient (Wildman–Crippen LogP) is 3.94. The molecular formula is C24H26N4O3. The molecule has 7 heteroatoms. The van der Waals surface area contributed by atoms with Crippen LogP contribution in [0, 0.1) is 6.92 Å². The molecule has 1 amide bonds. The third-order valence-electron chi connectivity index (χ3n) is 5.46. The van der Waals surface area contributed by atoms with Crippen molar-refractivity contribution in [2.45, 2.75) is 19.9 Å².